The van der Waals surface area contributed by atoms with Gasteiger partial charge in [0, 0.05) is 43.1 Å². The van der Waals surface area contributed by atoms with E-state index in [0.29, 0.717) is 0 Å². The van der Waals surface area contributed by atoms with Crippen LogP contribution in [0.5, 0.6) is 0 Å². The Hall–Kier alpha value is -3.14. The van der Waals surface area contributed by atoms with Crippen molar-refractivity contribution >= 4 is 43.1 Å². The zero-order valence-corrected chi connectivity index (χ0v) is 13.3. The van der Waals surface area contributed by atoms with Gasteiger partial charge in [-0.3, -0.25) is 0 Å². The second-order valence-electron chi connectivity index (χ2n) is 6.29. The number of hydrogen-bond donors (Lipinski definition) is 0. The normalized spacial score (nSPS) is 11.8. The molecule has 0 saturated carbocycles. The van der Waals surface area contributed by atoms with E-state index >= 15 is 0 Å². The molecule has 5 rings (SSSR count). The molecule has 0 amide bonds. The fourth-order valence-electron chi connectivity index (χ4n) is 3.64. The number of benzene rings is 5. The first kappa shape index (κ1) is 15.1. The minimum Gasteiger partial charge on any atom is -0.206 e. The van der Waals surface area contributed by atoms with Crippen molar-refractivity contribution in [1.82, 2.24) is 0 Å². The van der Waals surface area contributed by atoms with Crippen LogP contribution in [0, 0.1) is 23.3 Å². The molecule has 0 aliphatic heterocycles. The molecule has 0 spiro atoms. The number of rotatable bonds is 0. The van der Waals surface area contributed by atoms with Gasteiger partial charge in [0.25, 0.3) is 0 Å². The summed E-state index contributed by atoms with van der Waals surface area (Å²) in [5, 5.41) is 0.170. The molecule has 126 valence electrons. The Labute approximate surface area is 145 Å². The number of fused-ring (bicyclic) bond motifs is 4. The molecule has 5 aromatic rings. The standard InChI is InChI=1S/C22H10F4/c23-19-11-5-1-2-6-12(11)20(24)16-10-18-17(9-15(16)19)21(25)13-7-3-4-8-14(13)22(18)26/h1-10H. The second-order valence-corrected chi connectivity index (χ2v) is 6.29. The van der Waals surface area contributed by atoms with E-state index in [-0.39, 0.29) is 43.1 Å². The lowest BCUT2D eigenvalue weighted by molar-refractivity contribution is 0.631. The van der Waals surface area contributed by atoms with Gasteiger partial charge in [-0.25, -0.2) is 17.6 Å². The van der Waals surface area contributed by atoms with E-state index in [0.717, 1.165) is 0 Å². The van der Waals surface area contributed by atoms with Crippen molar-refractivity contribution in [3.05, 3.63) is 83.9 Å². The van der Waals surface area contributed by atoms with Crippen LogP contribution >= 0.6 is 0 Å². The van der Waals surface area contributed by atoms with Crippen molar-refractivity contribution in [1.29, 1.82) is 0 Å². The quantitative estimate of drug-likeness (QED) is 0.211. The molecular weight excluding hydrogens is 340 g/mol. The fraction of sp³-hybridized carbons (Fsp3) is 0. The summed E-state index contributed by atoms with van der Waals surface area (Å²) in [4.78, 5) is 0. The summed E-state index contributed by atoms with van der Waals surface area (Å²) in [6, 6.07) is 14.7. The summed E-state index contributed by atoms with van der Waals surface area (Å²) in [7, 11) is 0. The predicted octanol–water partition coefficient (Wildman–Crippen LogP) is 6.86. The first-order valence-electron chi connectivity index (χ1n) is 8.07. The van der Waals surface area contributed by atoms with Crippen molar-refractivity contribution in [2.45, 2.75) is 0 Å². The third-order valence-corrected chi connectivity index (χ3v) is 4.90. The van der Waals surface area contributed by atoms with Crippen LogP contribution in [0.3, 0.4) is 0 Å². The molecule has 26 heavy (non-hydrogen) atoms. The third kappa shape index (κ3) is 1.84. The minimum absolute atomic E-state index is 0.0673. The van der Waals surface area contributed by atoms with Gasteiger partial charge in [-0.1, -0.05) is 48.5 Å². The Morgan fingerprint density at radius 2 is 0.577 bits per heavy atom. The summed E-state index contributed by atoms with van der Waals surface area (Å²) in [6.07, 6.45) is 0. The lowest BCUT2D eigenvalue weighted by atomic mass is 9.95. The highest BCUT2D eigenvalue weighted by Crippen LogP contribution is 2.37. The van der Waals surface area contributed by atoms with Crippen LogP contribution in [-0.2, 0) is 0 Å². The van der Waals surface area contributed by atoms with Crippen molar-refractivity contribution < 1.29 is 17.6 Å². The summed E-state index contributed by atoms with van der Waals surface area (Å²) >= 11 is 0. The van der Waals surface area contributed by atoms with Crippen LogP contribution in [0.1, 0.15) is 0 Å². The Bertz CT molecular complexity index is 1160. The van der Waals surface area contributed by atoms with E-state index in [1.807, 2.05) is 0 Å². The molecule has 0 saturated heterocycles. The average molecular weight is 350 g/mol. The fourth-order valence-corrected chi connectivity index (χ4v) is 3.64. The highest BCUT2D eigenvalue weighted by Gasteiger charge is 2.19. The molecule has 0 aliphatic carbocycles. The first-order chi connectivity index (χ1) is 12.6. The lowest BCUT2D eigenvalue weighted by Gasteiger charge is -2.12. The monoisotopic (exact) mass is 350 g/mol. The van der Waals surface area contributed by atoms with Crippen LogP contribution in [0.15, 0.2) is 60.7 Å². The zero-order chi connectivity index (χ0) is 18.0. The van der Waals surface area contributed by atoms with Gasteiger partial charge in [0.2, 0.25) is 0 Å². The maximum atomic E-state index is 14.9. The topological polar surface area (TPSA) is 0 Å². The molecule has 0 aromatic heterocycles. The van der Waals surface area contributed by atoms with Gasteiger partial charge in [-0.15, -0.1) is 0 Å². The smallest absolute Gasteiger partial charge is 0.139 e. The maximum absolute atomic E-state index is 14.9. The molecule has 0 atom stereocenters. The van der Waals surface area contributed by atoms with Crippen molar-refractivity contribution in [3.8, 4) is 0 Å². The molecular formula is C22H10F4. The lowest BCUT2D eigenvalue weighted by Crippen LogP contribution is -1.94. The highest BCUT2D eigenvalue weighted by molar-refractivity contribution is 6.09. The van der Waals surface area contributed by atoms with Gasteiger partial charge in [0.15, 0.2) is 0 Å². The number of halogens is 4. The number of hydrogen-bond acceptors (Lipinski definition) is 0. The summed E-state index contributed by atoms with van der Waals surface area (Å²) in [5.41, 5.74) is 0. The average Bonchev–Trinajstić information content (AvgIpc) is 2.69. The van der Waals surface area contributed by atoms with Gasteiger partial charge >= 0.3 is 0 Å². The van der Waals surface area contributed by atoms with Crippen molar-refractivity contribution in [2.75, 3.05) is 0 Å². The Balaban J connectivity index is 2.08. The minimum atomic E-state index is -0.646. The molecule has 0 N–H and O–H groups in total. The molecule has 0 nitrogen and oxygen atoms in total. The summed E-state index contributed by atoms with van der Waals surface area (Å²) < 4.78 is 59.7. The van der Waals surface area contributed by atoms with Gasteiger partial charge in [0.05, 0.1) is 0 Å². The Morgan fingerprint density at radius 1 is 0.346 bits per heavy atom. The SMILES string of the molecule is Fc1c2ccccc2c(F)c2cc3c(F)c4ccccc4c(F)c3cc12. The first-order valence-corrected chi connectivity index (χ1v) is 8.07. The third-order valence-electron chi connectivity index (χ3n) is 4.90. The molecule has 0 heterocycles. The molecule has 0 unspecified atom stereocenters. The van der Waals surface area contributed by atoms with Crippen LogP contribution in [0.25, 0.3) is 43.1 Å². The second kappa shape index (κ2) is 5.18. The molecule has 4 heteroatoms. The van der Waals surface area contributed by atoms with Crippen molar-refractivity contribution in [2.24, 2.45) is 0 Å². The van der Waals surface area contributed by atoms with Crippen LogP contribution < -0.4 is 0 Å². The van der Waals surface area contributed by atoms with Gasteiger partial charge in [0.1, 0.15) is 23.3 Å². The van der Waals surface area contributed by atoms with Crippen LogP contribution in [-0.4, -0.2) is 0 Å². The highest BCUT2D eigenvalue weighted by atomic mass is 19.1. The van der Waals surface area contributed by atoms with Gasteiger partial charge < -0.3 is 0 Å². The Morgan fingerprint density at radius 3 is 0.808 bits per heavy atom. The van der Waals surface area contributed by atoms with E-state index in [1.165, 1.54) is 36.4 Å². The zero-order valence-electron chi connectivity index (χ0n) is 13.3. The molecule has 5 aromatic carbocycles. The summed E-state index contributed by atoms with van der Waals surface area (Å²) in [6.45, 7) is 0. The molecule has 0 aliphatic rings. The van der Waals surface area contributed by atoms with E-state index < -0.39 is 23.3 Å². The van der Waals surface area contributed by atoms with Crippen LogP contribution in [0.2, 0.25) is 0 Å². The molecule has 0 radical (unpaired) electrons. The van der Waals surface area contributed by atoms with E-state index in [2.05, 4.69) is 0 Å². The Kier molecular flexibility index (Phi) is 3.02. The van der Waals surface area contributed by atoms with E-state index in [9.17, 15) is 17.6 Å². The van der Waals surface area contributed by atoms with E-state index in [1.54, 1.807) is 24.3 Å². The van der Waals surface area contributed by atoms with Crippen LogP contribution in [0.4, 0.5) is 17.6 Å². The van der Waals surface area contributed by atoms with Gasteiger partial charge in [-0.2, -0.15) is 0 Å². The molecule has 0 bridgehead atoms. The largest absolute Gasteiger partial charge is 0.206 e. The van der Waals surface area contributed by atoms with Crippen molar-refractivity contribution in [3.63, 3.8) is 0 Å². The summed E-state index contributed by atoms with van der Waals surface area (Å²) in [5.74, 6) is -2.59. The predicted molar refractivity (Wildman–Crippen MR) is 96.3 cm³/mol. The van der Waals surface area contributed by atoms with Gasteiger partial charge in [-0.05, 0) is 12.1 Å². The maximum Gasteiger partial charge on any atom is 0.139 e. The van der Waals surface area contributed by atoms with E-state index in [4.69, 9.17) is 0 Å². The molecule has 0 fully saturated rings.